The molecule has 2 atom stereocenters. The molecule has 0 aliphatic carbocycles. The van der Waals surface area contributed by atoms with Gasteiger partial charge in [0.15, 0.2) is 0 Å². The van der Waals surface area contributed by atoms with Gasteiger partial charge in [-0.15, -0.1) is 0 Å². The summed E-state index contributed by atoms with van der Waals surface area (Å²) in [7, 11) is 1.69. The molecular formula is C17H28BrNO2. The molecule has 0 spiro atoms. The molecule has 1 N–H and O–H groups in total. The van der Waals surface area contributed by atoms with E-state index in [1.54, 1.807) is 7.11 Å². The second-order valence-electron chi connectivity index (χ2n) is 5.12. The molecule has 1 aromatic carbocycles. The predicted molar refractivity (Wildman–Crippen MR) is 92.2 cm³/mol. The third kappa shape index (κ3) is 5.97. The molecule has 0 saturated heterocycles. The van der Waals surface area contributed by atoms with Gasteiger partial charge in [-0.3, -0.25) is 0 Å². The molecule has 0 amide bonds. The Bertz CT molecular complexity index is 406. The van der Waals surface area contributed by atoms with E-state index in [9.17, 15) is 0 Å². The Balaban J connectivity index is 2.82. The highest BCUT2D eigenvalue weighted by atomic mass is 79.9. The van der Waals surface area contributed by atoms with Crippen LogP contribution in [-0.2, 0) is 11.2 Å². The lowest BCUT2D eigenvalue weighted by molar-refractivity contribution is 0.0285. The highest BCUT2D eigenvalue weighted by Gasteiger charge is 2.21. The summed E-state index contributed by atoms with van der Waals surface area (Å²) in [5, 5.41) is 3.58. The van der Waals surface area contributed by atoms with Crippen molar-refractivity contribution >= 4 is 15.9 Å². The third-order valence-corrected chi connectivity index (χ3v) is 4.16. The largest absolute Gasteiger partial charge is 0.496 e. The third-order valence-electron chi connectivity index (χ3n) is 3.54. The predicted octanol–water partition coefficient (Wildman–Crippen LogP) is 4.18. The number of ether oxygens (including phenoxy) is 2. The lowest BCUT2D eigenvalue weighted by atomic mass is 9.98. The zero-order chi connectivity index (χ0) is 15.7. The van der Waals surface area contributed by atoms with Crippen LogP contribution in [0.25, 0.3) is 0 Å². The molecule has 0 bridgehead atoms. The Morgan fingerprint density at radius 1 is 1.24 bits per heavy atom. The van der Waals surface area contributed by atoms with E-state index in [-0.39, 0.29) is 6.10 Å². The molecule has 0 aliphatic rings. The quantitative estimate of drug-likeness (QED) is 0.681. The van der Waals surface area contributed by atoms with Gasteiger partial charge < -0.3 is 14.8 Å². The monoisotopic (exact) mass is 357 g/mol. The van der Waals surface area contributed by atoms with Crippen LogP contribution in [0, 0.1) is 0 Å². The summed E-state index contributed by atoms with van der Waals surface area (Å²) < 4.78 is 12.2. The van der Waals surface area contributed by atoms with Crippen LogP contribution >= 0.6 is 15.9 Å². The van der Waals surface area contributed by atoms with Crippen LogP contribution in [0.15, 0.2) is 22.7 Å². The fourth-order valence-electron chi connectivity index (χ4n) is 2.59. The van der Waals surface area contributed by atoms with Crippen molar-refractivity contribution in [2.75, 3.05) is 20.3 Å². The van der Waals surface area contributed by atoms with Crippen LogP contribution in [0.2, 0.25) is 0 Å². The SMILES string of the molecule is CCCC(OCC)C(Cc1ccc(OC)c(Br)c1)NCC. The molecule has 1 aromatic rings. The van der Waals surface area contributed by atoms with Crippen LogP contribution in [0.4, 0.5) is 0 Å². The number of likely N-dealkylation sites (N-methyl/N-ethyl adjacent to an activating group) is 1. The van der Waals surface area contributed by atoms with Gasteiger partial charge in [-0.1, -0.05) is 26.3 Å². The minimum atomic E-state index is 0.265. The average Bonchev–Trinajstić information content (AvgIpc) is 2.47. The maximum absolute atomic E-state index is 5.95. The Labute approximate surface area is 137 Å². The van der Waals surface area contributed by atoms with Crippen LogP contribution < -0.4 is 10.1 Å². The molecule has 120 valence electrons. The second kappa shape index (κ2) is 10.2. The molecule has 3 nitrogen and oxygen atoms in total. The van der Waals surface area contributed by atoms with E-state index in [0.29, 0.717) is 6.04 Å². The van der Waals surface area contributed by atoms with Gasteiger partial charge >= 0.3 is 0 Å². The number of methoxy groups -OCH3 is 1. The van der Waals surface area contributed by atoms with E-state index in [1.165, 1.54) is 5.56 Å². The second-order valence-corrected chi connectivity index (χ2v) is 5.97. The highest BCUT2D eigenvalue weighted by Crippen LogP contribution is 2.26. The molecule has 21 heavy (non-hydrogen) atoms. The number of nitrogens with one attached hydrogen (secondary N) is 1. The van der Waals surface area contributed by atoms with E-state index in [4.69, 9.17) is 9.47 Å². The summed E-state index contributed by atoms with van der Waals surface area (Å²) in [5.74, 6) is 0.869. The van der Waals surface area contributed by atoms with E-state index < -0.39 is 0 Å². The van der Waals surface area contributed by atoms with Gasteiger partial charge in [0, 0.05) is 12.6 Å². The van der Waals surface area contributed by atoms with Gasteiger partial charge in [0.05, 0.1) is 17.7 Å². The van der Waals surface area contributed by atoms with Crippen molar-refractivity contribution in [1.82, 2.24) is 5.32 Å². The van der Waals surface area contributed by atoms with Crippen molar-refractivity contribution < 1.29 is 9.47 Å². The Morgan fingerprint density at radius 3 is 2.52 bits per heavy atom. The fraction of sp³-hybridized carbons (Fsp3) is 0.647. The first-order chi connectivity index (χ1) is 10.2. The maximum atomic E-state index is 5.95. The van der Waals surface area contributed by atoms with Gasteiger partial charge in [0.2, 0.25) is 0 Å². The van der Waals surface area contributed by atoms with Crippen LogP contribution in [0.3, 0.4) is 0 Å². The van der Waals surface area contributed by atoms with Crippen LogP contribution in [-0.4, -0.2) is 32.4 Å². The summed E-state index contributed by atoms with van der Waals surface area (Å²) >= 11 is 3.56. The highest BCUT2D eigenvalue weighted by molar-refractivity contribution is 9.10. The van der Waals surface area contributed by atoms with Crippen molar-refractivity contribution in [2.24, 2.45) is 0 Å². The molecular weight excluding hydrogens is 330 g/mol. The van der Waals surface area contributed by atoms with Crippen LogP contribution in [0.1, 0.15) is 39.2 Å². The molecule has 0 aromatic heterocycles. The first kappa shape index (κ1) is 18.5. The van der Waals surface area contributed by atoms with Crippen molar-refractivity contribution in [3.05, 3.63) is 28.2 Å². The normalized spacial score (nSPS) is 14.0. The number of rotatable bonds is 10. The summed E-state index contributed by atoms with van der Waals surface area (Å²) in [6.45, 7) is 8.13. The van der Waals surface area contributed by atoms with E-state index in [0.717, 1.165) is 42.6 Å². The van der Waals surface area contributed by atoms with Crippen LogP contribution in [0.5, 0.6) is 5.75 Å². The first-order valence-electron chi connectivity index (χ1n) is 7.83. The molecule has 0 saturated carbocycles. The Morgan fingerprint density at radius 2 is 2.00 bits per heavy atom. The van der Waals surface area contributed by atoms with Gasteiger partial charge in [0.25, 0.3) is 0 Å². The van der Waals surface area contributed by atoms with Gasteiger partial charge in [-0.2, -0.15) is 0 Å². The molecule has 1 rings (SSSR count). The van der Waals surface area contributed by atoms with Gasteiger partial charge in [-0.25, -0.2) is 0 Å². The lowest BCUT2D eigenvalue weighted by Gasteiger charge is -2.28. The molecule has 0 fully saturated rings. The number of halogens is 1. The summed E-state index contributed by atoms with van der Waals surface area (Å²) in [6, 6.07) is 6.62. The van der Waals surface area contributed by atoms with E-state index >= 15 is 0 Å². The smallest absolute Gasteiger partial charge is 0.133 e. The lowest BCUT2D eigenvalue weighted by Crippen LogP contribution is -2.43. The topological polar surface area (TPSA) is 30.5 Å². The van der Waals surface area contributed by atoms with Gasteiger partial charge in [-0.05, 0) is 59.9 Å². The van der Waals surface area contributed by atoms with E-state index in [1.807, 2.05) is 6.07 Å². The van der Waals surface area contributed by atoms with Crippen molar-refractivity contribution in [3.63, 3.8) is 0 Å². The fourth-order valence-corrected chi connectivity index (χ4v) is 3.18. The zero-order valence-corrected chi connectivity index (χ0v) is 15.2. The summed E-state index contributed by atoms with van der Waals surface area (Å²) in [5.41, 5.74) is 1.29. The Kier molecular flexibility index (Phi) is 8.97. The number of benzene rings is 1. The molecule has 2 unspecified atom stereocenters. The first-order valence-corrected chi connectivity index (χ1v) is 8.62. The standard InChI is InChI=1S/C17H28BrNO2/c1-5-8-17(21-7-3)15(19-6-2)12-13-9-10-16(20-4)14(18)11-13/h9-11,15,17,19H,5-8,12H2,1-4H3. The van der Waals surface area contributed by atoms with Gasteiger partial charge in [0.1, 0.15) is 5.75 Å². The maximum Gasteiger partial charge on any atom is 0.133 e. The number of hydrogen-bond donors (Lipinski definition) is 1. The summed E-state index contributed by atoms with van der Waals surface area (Å²) in [6.07, 6.45) is 3.45. The minimum absolute atomic E-state index is 0.265. The average molecular weight is 358 g/mol. The van der Waals surface area contributed by atoms with E-state index in [2.05, 4.69) is 54.2 Å². The number of hydrogen-bond acceptors (Lipinski definition) is 3. The van der Waals surface area contributed by atoms with Crippen molar-refractivity contribution in [1.29, 1.82) is 0 Å². The molecule has 4 heteroatoms. The van der Waals surface area contributed by atoms with Crippen molar-refractivity contribution in [2.45, 2.75) is 52.2 Å². The zero-order valence-electron chi connectivity index (χ0n) is 13.6. The molecule has 0 radical (unpaired) electrons. The summed E-state index contributed by atoms with van der Waals surface area (Å²) in [4.78, 5) is 0. The molecule has 0 heterocycles. The molecule has 0 aliphatic heterocycles. The Hall–Kier alpha value is -0.580. The minimum Gasteiger partial charge on any atom is -0.496 e. The van der Waals surface area contributed by atoms with Crippen molar-refractivity contribution in [3.8, 4) is 5.75 Å².